The first kappa shape index (κ1) is 10.6. The number of ether oxygens (including phenoxy) is 1. The van der Waals surface area contributed by atoms with Crippen LogP contribution >= 0.6 is 0 Å². The number of rotatable bonds is 7. The van der Waals surface area contributed by atoms with Gasteiger partial charge in [0.15, 0.2) is 0 Å². The number of imidazole rings is 1. The van der Waals surface area contributed by atoms with Crippen LogP contribution in [0.15, 0.2) is 6.33 Å². The maximum Gasteiger partial charge on any atom is 0.0925 e. The zero-order valence-electron chi connectivity index (χ0n) is 9.25. The van der Waals surface area contributed by atoms with Crippen molar-refractivity contribution in [2.45, 2.75) is 26.3 Å². The van der Waals surface area contributed by atoms with Crippen molar-refractivity contribution in [3.8, 4) is 0 Å². The molecule has 0 amide bonds. The molecule has 2 rings (SSSR count). The molecule has 4 heteroatoms. The van der Waals surface area contributed by atoms with Gasteiger partial charge in [-0.1, -0.05) is 0 Å². The summed E-state index contributed by atoms with van der Waals surface area (Å²) in [4.78, 5) is 7.27. The van der Waals surface area contributed by atoms with Crippen LogP contribution in [-0.4, -0.2) is 29.7 Å². The van der Waals surface area contributed by atoms with E-state index >= 15 is 0 Å². The predicted molar refractivity (Wildman–Crippen MR) is 58.6 cm³/mol. The molecule has 0 atom stereocenters. The lowest BCUT2D eigenvalue weighted by Crippen LogP contribution is -2.20. The van der Waals surface area contributed by atoms with Crippen molar-refractivity contribution >= 4 is 0 Å². The van der Waals surface area contributed by atoms with E-state index in [2.05, 4.69) is 15.3 Å². The van der Waals surface area contributed by atoms with Crippen LogP contribution < -0.4 is 5.32 Å². The molecule has 0 saturated heterocycles. The van der Waals surface area contributed by atoms with Gasteiger partial charge in [0.25, 0.3) is 0 Å². The van der Waals surface area contributed by atoms with Crippen LogP contribution in [0.2, 0.25) is 0 Å². The van der Waals surface area contributed by atoms with Gasteiger partial charge >= 0.3 is 0 Å². The Hall–Kier alpha value is -0.870. The Morgan fingerprint density at radius 3 is 3.13 bits per heavy atom. The zero-order chi connectivity index (χ0) is 10.5. The van der Waals surface area contributed by atoms with Gasteiger partial charge in [0, 0.05) is 25.4 Å². The number of hydrogen-bond donors (Lipinski definition) is 2. The summed E-state index contributed by atoms with van der Waals surface area (Å²) in [6.45, 7) is 5.51. The summed E-state index contributed by atoms with van der Waals surface area (Å²) in [5.74, 6) is 0.860. The van der Waals surface area contributed by atoms with E-state index in [-0.39, 0.29) is 0 Å². The molecule has 84 valence electrons. The summed E-state index contributed by atoms with van der Waals surface area (Å²) in [7, 11) is 0. The van der Waals surface area contributed by atoms with Gasteiger partial charge in [-0.2, -0.15) is 0 Å². The number of H-pyrrole nitrogens is 1. The van der Waals surface area contributed by atoms with E-state index in [1.165, 1.54) is 12.8 Å². The molecular formula is C11H19N3O. The summed E-state index contributed by atoms with van der Waals surface area (Å²) in [6, 6.07) is 0. The van der Waals surface area contributed by atoms with Crippen LogP contribution in [0, 0.1) is 12.8 Å². The van der Waals surface area contributed by atoms with Crippen molar-refractivity contribution in [3.63, 3.8) is 0 Å². The van der Waals surface area contributed by atoms with Gasteiger partial charge in [0.2, 0.25) is 0 Å². The number of aromatic amines is 1. The fraction of sp³-hybridized carbons (Fsp3) is 0.727. The molecule has 1 saturated carbocycles. The molecule has 1 aromatic rings. The number of hydrogen-bond acceptors (Lipinski definition) is 3. The number of aryl methyl sites for hydroxylation is 1. The lowest BCUT2D eigenvalue weighted by Gasteiger charge is -2.04. The van der Waals surface area contributed by atoms with Crippen LogP contribution in [0.1, 0.15) is 24.2 Å². The van der Waals surface area contributed by atoms with Gasteiger partial charge in [-0.05, 0) is 25.7 Å². The molecule has 0 radical (unpaired) electrons. The second-order valence-electron chi connectivity index (χ2n) is 4.17. The molecule has 1 fully saturated rings. The lowest BCUT2D eigenvalue weighted by molar-refractivity contribution is 0.126. The minimum absolute atomic E-state index is 0.806. The predicted octanol–water partition coefficient (Wildman–Crippen LogP) is 1.23. The van der Waals surface area contributed by atoms with Crippen LogP contribution in [-0.2, 0) is 11.3 Å². The van der Waals surface area contributed by atoms with Gasteiger partial charge in [-0.15, -0.1) is 0 Å². The van der Waals surface area contributed by atoms with E-state index in [0.29, 0.717) is 0 Å². The van der Waals surface area contributed by atoms with Crippen molar-refractivity contribution in [3.05, 3.63) is 17.7 Å². The van der Waals surface area contributed by atoms with E-state index in [4.69, 9.17) is 4.74 Å². The van der Waals surface area contributed by atoms with Crippen molar-refractivity contribution in [2.75, 3.05) is 19.8 Å². The Bertz CT molecular complexity index is 294. The third-order valence-corrected chi connectivity index (χ3v) is 2.70. The summed E-state index contributed by atoms with van der Waals surface area (Å²) in [5, 5.41) is 3.32. The fourth-order valence-corrected chi connectivity index (χ4v) is 1.45. The Balaban J connectivity index is 1.49. The first-order valence-corrected chi connectivity index (χ1v) is 5.63. The topological polar surface area (TPSA) is 49.9 Å². The zero-order valence-corrected chi connectivity index (χ0v) is 9.25. The van der Waals surface area contributed by atoms with E-state index in [1.807, 2.05) is 6.92 Å². The molecule has 15 heavy (non-hydrogen) atoms. The number of nitrogens with zero attached hydrogens (tertiary/aromatic N) is 1. The Morgan fingerprint density at radius 1 is 1.60 bits per heavy atom. The second kappa shape index (κ2) is 5.28. The highest BCUT2D eigenvalue weighted by Gasteiger charge is 2.20. The number of aromatic nitrogens is 2. The first-order chi connectivity index (χ1) is 7.36. The molecule has 0 spiro atoms. The maximum absolute atomic E-state index is 5.52. The minimum Gasteiger partial charge on any atom is -0.380 e. The van der Waals surface area contributed by atoms with Crippen LogP contribution in [0.3, 0.4) is 0 Å². The third kappa shape index (κ3) is 3.64. The summed E-state index contributed by atoms with van der Waals surface area (Å²) >= 11 is 0. The van der Waals surface area contributed by atoms with Gasteiger partial charge in [-0.25, -0.2) is 4.98 Å². The van der Waals surface area contributed by atoms with Crippen LogP contribution in [0.5, 0.6) is 0 Å². The van der Waals surface area contributed by atoms with Gasteiger partial charge in [0.05, 0.1) is 18.6 Å². The molecule has 0 bridgehead atoms. The van der Waals surface area contributed by atoms with E-state index in [9.17, 15) is 0 Å². The van der Waals surface area contributed by atoms with E-state index in [0.717, 1.165) is 43.6 Å². The highest BCUT2D eigenvalue weighted by atomic mass is 16.5. The quantitative estimate of drug-likeness (QED) is 0.664. The maximum atomic E-state index is 5.52. The van der Waals surface area contributed by atoms with Crippen LogP contribution in [0.25, 0.3) is 0 Å². The van der Waals surface area contributed by atoms with E-state index < -0.39 is 0 Å². The molecule has 0 aromatic carbocycles. The van der Waals surface area contributed by atoms with Crippen molar-refractivity contribution in [1.82, 2.24) is 15.3 Å². The Labute approximate surface area is 90.4 Å². The first-order valence-electron chi connectivity index (χ1n) is 5.63. The average Bonchev–Trinajstić information content (AvgIpc) is 2.96. The summed E-state index contributed by atoms with van der Waals surface area (Å²) < 4.78 is 5.52. The molecule has 2 N–H and O–H groups in total. The average molecular weight is 209 g/mol. The largest absolute Gasteiger partial charge is 0.380 e. The van der Waals surface area contributed by atoms with Crippen LogP contribution in [0.4, 0.5) is 0 Å². The fourth-order valence-electron chi connectivity index (χ4n) is 1.45. The molecule has 1 aliphatic carbocycles. The van der Waals surface area contributed by atoms with Gasteiger partial charge < -0.3 is 15.0 Å². The minimum atomic E-state index is 0.806. The molecule has 0 aliphatic heterocycles. The lowest BCUT2D eigenvalue weighted by atomic mass is 10.3. The van der Waals surface area contributed by atoms with Crippen molar-refractivity contribution < 1.29 is 4.74 Å². The smallest absolute Gasteiger partial charge is 0.0925 e. The molecule has 4 nitrogen and oxygen atoms in total. The third-order valence-electron chi connectivity index (χ3n) is 2.70. The van der Waals surface area contributed by atoms with Gasteiger partial charge in [0.1, 0.15) is 0 Å². The normalized spacial score (nSPS) is 15.8. The standard InChI is InChI=1S/C11H19N3O/c1-9-11(14-8-13-9)6-12-4-5-15-7-10-2-3-10/h8,10,12H,2-7H2,1H3,(H,13,14). The Morgan fingerprint density at radius 2 is 2.47 bits per heavy atom. The molecule has 0 unspecified atom stereocenters. The Kier molecular flexibility index (Phi) is 3.75. The summed E-state index contributed by atoms with van der Waals surface area (Å²) in [5.41, 5.74) is 2.23. The molecule has 1 heterocycles. The highest BCUT2D eigenvalue weighted by Crippen LogP contribution is 2.28. The monoisotopic (exact) mass is 209 g/mol. The van der Waals surface area contributed by atoms with E-state index in [1.54, 1.807) is 6.33 Å². The highest BCUT2D eigenvalue weighted by molar-refractivity contribution is 5.07. The molecular weight excluding hydrogens is 190 g/mol. The van der Waals surface area contributed by atoms with Crippen molar-refractivity contribution in [2.24, 2.45) is 5.92 Å². The second-order valence-corrected chi connectivity index (χ2v) is 4.17. The number of nitrogens with one attached hydrogen (secondary N) is 2. The molecule has 1 aliphatic rings. The van der Waals surface area contributed by atoms with Gasteiger partial charge in [-0.3, -0.25) is 0 Å². The van der Waals surface area contributed by atoms with Crippen molar-refractivity contribution in [1.29, 1.82) is 0 Å². The SMILES string of the molecule is Cc1[nH]cnc1CNCCOCC1CC1. The summed E-state index contributed by atoms with van der Waals surface area (Å²) in [6.07, 6.45) is 4.45. The molecule has 1 aromatic heterocycles.